The summed E-state index contributed by atoms with van der Waals surface area (Å²) in [5.74, 6) is -0.311. The highest BCUT2D eigenvalue weighted by atomic mass is 19.4. The second-order valence-corrected chi connectivity index (χ2v) is 9.73. The summed E-state index contributed by atoms with van der Waals surface area (Å²) < 4.78 is 80.2. The van der Waals surface area contributed by atoms with Crippen LogP contribution in [0.2, 0.25) is 0 Å². The van der Waals surface area contributed by atoms with Crippen molar-refractivity contribution in [2.45, 2.75) is 64.1 Å². The minimum Gasteiger partial charge on any atom is -0.268 e. The van der Waals surface area contributed by atoms with Crippen LogP contribution in [0.25, 0.3) is 11.5 Å². The molecule has 0 saturated heterocycles. The number of halogens is 6. The molecule has 1 fully saturated rings. The smallest absolute Gasteiger partial charge is 0.268 e. The fraction of sp³-hybridized carbons (Fsp3) is 0.393. The van der Waals surface area contributed by atoms with E-state index in [4.69, 9.17) is 0 Å². The average Bonchev–Trinajstić information content (AvgIpc) is 3.32. The molecule has 7 nitrogen and oxygen atoms in total. The maximum Gasteiger partial charge on any atom is 0.418 e. The molecule has 0 amide bonds. The first-order valence-corrected chi connectivity index (χ1v) is 13.0. The summed E-state index contributed by atoms with van der Waals surface area (Å²) in [5.41, 5.74) is 0.0181. The summed E-state index contributed by atoms with van der Waals surface area (Å²) in [7, 11) is 1.35. The molecular formula is C28H28F6N6O. The van der Waals surface area contributed by atoms with Gasteiger partial charge in [0.05, 0.1) is 17.8 Å². The number of rotatable bonds is 5. The monoisotopic (exact) mass is 578 g/mol. The summed E-state index contributed by atoms with van der Waals surface area (Å²) in [5, 5.41) is 7.46. The molecule has 218 valence electrons. The Bertz CT molecular complexity index is 1520. The number of aryl methyl sites for hydroxylation is 2. The Morgan fingerprint density at radius 1 is 1.00 bits per heavy atom. The number of aromatic nitrogens is 6. The number of hydrogen-bond acceptors (Lipinski definition) is 5. The molecule has 1 aromatic carbocycles. The van der Waals surface area contributed by atoms with Crippen molar-refractivity contribution in [3.8, 4) is 11.5 Å². The van der Waals surface area contributed by atoms with Gasteiger partial charge in [-0.3, -0.25) is 9.78 Å². The molecule has 0 atom stereocenters. The van der Waals surface area contributed by atoms with E-state index in [1.165, 1.54) is 45.2 Å². The van der Waals surface area contributed by atoms with Crippen LogP contribution in [0.4, 0.5) is 26.3 Å². The minimum atomic E-state index is -4.65. The van der Waals surface area contributed by atoms with Crippen molar-refractivity contribution in [1.29, 1.82) is 0 Å². The van der Waals surface area contributed by atoms with Gasteiger partial charge in [-0.1, -0.05) is 31.4 Å². The molecule has 0 N–H and O–H groups in total. The van der Waals surface area contributed by atoms with E-state index in [1.54, 1.807) is 12.1 Å². The molecule has 13 heteroatoms. The van der Waals surface area contributed by atoms with E-state index < -0.39 is 41.8 Å². The van der Waals surface area contributed by atoms with Crippen LogP contribution in [0.15, 0.2) is 53.5 Å². The predicted molar refractivity (Wildman–Crippen MR) is 139 cm³/mol. The third kappa shape index (κ3) is 7.19. The van der Waals surface area contributed by atoms with Crippen LogP contribution in [-0.2, 0) is 19.8 Å². The third-order valence-electron chi connectivity index (χ3n) is 6.85. The number of pyridine rings is 1. The topological polar surface area (TPSA) is 78.5 Å². The second-order valence-electron chi connectivity index (χ2n) is 9.73. The van der Waals surface area contributed by atoms with Crippen LogP contribution in [-0.4, -0.2) is 29.5 Å². The molecule has 3 heterocycles. The average molecular weight is 579 g/mol. The Kier molecular flexibility index (Phi) is 9.24. The zero-order valence-electron chi connectivity index (χ0n) is 22.4. The van der Waals surface area contributed by atoms with Crippen molar-refractivity contribution in [1.82, 2.24) is 29.5 Å². The third-order valence-corrected chi connectivity index (χ3v) is 6.85. The lowest BCUT2D eigenvalue weighted by atomic mass is 9.82. The maximum atomic E-state index is 13.6. The number of nitrogens with zero attached hydrogens (tertiary/aromatic N) is 6. The highest BCUT2D eigenvalue weighted by Crippen LogP contribution is 2.35. The summed E-state index contributed by atoms with van der Waals surface area (Å²) in [6.07, 6.45) is -0.207. The second kappa shape index (κ2) is 12.6. The minimum absolute atomic E-state index is 0.000916. The van der Waals surface area contributed by atoms with Gasteiger partial charge in [0.15, 0.2) is 5.82 Å². The van der Waals surface area contributed by atoms with Crippen LogP contribution in [0, 0.1) is 12.7 Å². The lowest BCUT2D eigenvalue weighted by Gasteiger charge is -2.23. The van der Waals surface area contributed by atoms with Gasteiger partial charge in [0.2, 0.25) is 5.82 Å². The van der Waals surface area contributed by atoms with Gasteiger partial charge < -0.3 is 0 Å². The lowest BCUT2D eigenvalue weighted by Crippen LogP contribution is -2.25. The molecule has 0 aliphatic heterocycles. The Balaban J connectivity index is 0.000000231. The fourth-order valence-corrected chi connectivity index (χ4v) is 4.92. The number of hydrogen-bond donors (Lipinski definition) is 0. The molecule has 1 saturated carbocycles. The van der Waals surface area contributed by atoms with Gasteiger partial charge >= 0.3 is 6.18 Å². The van der Waals surface area contributed by atoms with Crippen molar-refractivity contribution < 1.29 is 26.3 Å². The van der Waals surface area contributed by atoms with E-state index >= 15 is 0 Å². The van der Waals surface area contributed by atoms with E-state index in [1.807, 2.05) is 13.0 Å². The first-order chi connectivity index (χ1) is 19.5. The summed E-state index contributed by atoms with van der Waals surface area (Å²) in [4.78, 5) is 19.3. The SMILES string of the molecule is Cc1cccc(F)c1C1CCCCC1.Cn1nc(C(F)F)nc1-c1ccc(=O)n(Cc2ncccc2C(F)(F)F)n1. The van der Waals surface area contributed by atoms with Gasteiger partial charge in [-0.25, -0.2) is 27.5 Å². The van der Waals surface area contributed by atoms with Crippen molar-refractivity contribution >= 4 is 0 Å². The van der Waals surface area contributed by atoms with Crippen LogP contribution in [0.1, 0.15) is 72.7 Å². The van der Waals surface area contributed by atoms with E-state index in [9.17, 15) is 31.1 Å². The van der Waals surface area contributed by atoms with E-state index in [0.717, 1.165) is 44.9 Å². The predicted octanol–water partition coefficient (Wildman–Crippen LogP) is 6.62. The van der Waals surface area contributed by atoms with Crippen molar-refractivity contribution in [3.05, 3.63) is 93.0 Å². The Labute approximate surface area is 231 Å². The molecular weight excluding hydrogens is 550 g/mol. The molecule has 5 rings (SSSR count). The highest BCUT2D eigenvalue weighted by Gasteiger charge is 2.34. The normalized spacial score (nSPS) is 14.2. The van der Waals surface area contributed by atoms with Gasteiger partial charge in [-0.2, -0.15) is 18.3 Å². The number of alkyl halides is 5. The molecule has 1 aliphatic rings. The molecule has 0 bridgehead atoms. The summed E-state index contributed by atoms with van der Waals surface area (Å²) in [6, 6.07) is 9.66. The van der Waals surface area contributed by atoms with Crippen LogP contribution in [0.5, 0.6) is 0 Å². The molecule has 41 heavy (non-hydrogen) atoms. The molecule has 0 spiro atoms. The summed E-state index contributed by atoms with van der Waals surface area (Å²) in [6.45, 7) is 1.47. The van der Waals surface area contributed by atoms with Crippen molar-refractivity contribution in [2.24, 2.45) is 7.05 Å². The Hall–Kier alpha value is -4.03. The molecule has 3 aromatic heterocycles. The van der Waals surface area contributed by atoms with Crippen molar-refractivity contribution in [2.75, 3.05) is 0 Å². The van der Waals surface area contributed by atoms with E-state index in [0.29, 0.717) is 5.92 Å². The molecule has 4 aromatic rings. The Morgan fingerprint density at radius 2 is 1.73 bits per heavy atom. The first-order valence-electron chi connectivity index (χ1n) is 13.0. The highest BCUT2D eigenvalue weighted by molar-refractivity contribution is 5.48. The first kappa shape index (κ1) is 29.9. The van der Waals surface area contributed by atoms with Gasteiger partial charge in [-0.05, 0) is 61.1 Å². The standard InChI is InChI=1S/C15H11F5N6O.C13H17F/c1-25-14(22-13(24-25)12(16)17)9-4-5-11(27)26(23-9)7-10-8(15(18,19)20)3-2-6-21-10;1-10-6-5-9-12(14)13(10)11-7-3-2-4-8-11/h2-6,12H,7H2,1H3;5-6,9,11H,2-4,7-8H2,1H3. The lowest BCUT2D eigenvalue weighted by molar-refractivity contribution is -0.138. The maximum absolute atomic E-state index is 13.6. The van der Waals surface area contributed by atoms with Crippen LogP contribution < -0.4 is 5.56 Å². The van der Waals surface area contributed by atoms with Crippen LogP contribution in [0.3, 0.4) is 0 Å². The largest absolute Gasteiger partial charge is 0.418 e. The molecule has 1 aliphatic carbocycles. The van der Waals surface area contributed by atoms with Crippen molar-refractivity contribution in [3.63, 3.8) is 0 Å². The zero-order chi connectivity index (χ0) is 29.7. The van der Waals surface area contributed by atoms with E-state index in [-0.39, 0.29) is 17.3 Å². The van der Waals surface area contributed by atoms with Gasteiger partial charge in [0, 0.05) is 19.3 Å². The van der Waals surface area contributed by atoms with E-state index in [2.05, 4.69) is 20.2 Å². The quantitative estimate of drug-likeness (QED) is 0.249. The zero-order valence-corrected chi connectivity index (χ0v) is 22.4. The summed E-state index contributed by atoms with van der Waals surface area (Å²) >= 11 is 0. The number of benzene rings is 1. The van der Waals surface area contributed by atoms with Gasteiger partial charge in [-0.15, -0.1) is 5.10 Å². The van der Waals surface area contributed by atoms with Gasteiger partial charge in [0.25, 0.3) is 12.0 Å². The fourth-order valence-electron chi connectivity index (χ4n) is 4.92. The van der Waals surface area contributed by atoms with Crippen LogP contribution >= 0.6 is 0 Å². The molecule has 0 radical (unpaired) electrons. The molecule has 0 unspecified atom stereocenters. The Morgan fingerprint density at radius 3 is 2.37 bits per heavy atom. The van der Waals surface area contributed by atoms with Gasteiger partial charge in [0.1, 0.15) is 11.5 Å².